The number of hydrogen-bond acceptors (Lipinski definition) is 5. The molecule has 0 aliphatic rings. The average Bonchev–Trinajstić information content (AvgIpc) is 2.81. The Labute approximate surface area is 112 Å². The second-order valence-electron chi connectivity index (χ2n) is 4.26. The molecule has 2 aromatic rings. The molecule has 1 N–H and O–H groups in total. The summed E-state index contributed by atoms with van der Waals surface area (Å²) in [6, 6.07) is 2.22. The van der Waals surface area contributed by atoms with E-state index in [1.807, 2.05) is 0 Å². The molecule has 0 bridgehead atoms. The SMILES string of the molecule is CCNCCN(C)c1ncnc2sc(CC)cc12. The van der Waals surface area contributed by atoms with Gasteiger partial charge in [0.25, 0.3) is 0 Å². The third-order valence-corrected chi connectivity index (χ3v) is 4.13. The lowest BCUT2D eigenvalue weighted by Gasteiger charge is -2.18. The molecule has 0 saturated carbocycles. The third-order valence-electron chi connectivity index (χ3n) is 2.94. The Kier molecular flexibility index (Phi) is 4.49. The zero-order valence-electron chi connectivity index (χ0n) is 11.2. The van der Waals surface area contributed by atoms with E-state index in [1.165, 1.54) is 10.3 Å². The number of nitrogens with zero attached hydrogens (tertiary/aromatic N) is 3. The molecule has 0 spiro atoms. The van der Waals surface area contributed by atoms with Crippen molar-refractivity contribution >= 4 is 27.4 Å². The van der Waals surface area contributed by atoms with Crippen LogP contribution in [0.3, 0.4) is 0 Å². The minimum Gasteiger partial charge on any atom is -0.358 e. The molecule has 0 aromatic carbocycles. The van der Waals surface area contributed by atoms with E-state index in [-0.39, 0.29) is 0 Å². The molecule has 0 fully saturated rings. The summed E-state index contributed by atoms with van der Waals surface area (Å²) < 4.78 is 0. The predicted molar refractivity (Wildman–Crippen MR) is 78.6 cm³/mol. The van der Waals surface area contributed by atoms with Gasteiger partial charge in [0.1, 0.15) is 17.0 Å². The summed E-state index contributed by atoms with van der Waals surface area (Å²) in [6.45, 7) is 7.23. The Morgan fingerprint density at radius 1 is 1.33 bits per heavy atom. The third kappa shape index (κ3) is 2.79. The number of aromatic nitrogens is 2. The molecule has 2 rings (SSSR count). The first-order chi connectivity index (χ1) is 8.76. The molecule has 4 nitrogen and oxygen atoms in total. The van der Waals surface area contributed by atoms with E-state index in [0.717, 1.165) is 36.7 Å². The number of hydrogen-bond donors (Lipinski definition) is 1. The molecule has 0 amide bonds. The van der Waals surface area contributed by atoms with Crippen molar-refractivity contribution in [1.82, 2.24) is 15.3 Å². The number of nitrogens with one attached hydrogen (secondary N) is 1. The molecule has 2 aromatic heterocycles. The average molecular weight is 264 g/mol. The standard InChI is InChI=1S/C13H20N4S/c1-4-10-8-11-12(15-9-16-13(11)18-10)17(3)7-6-14-5-2/h8-9,14H,4-7H2,1-3H3. The molecule has 98 valence electrons. The molecule has 0 atom stereocenters. The highest BCUT2D eigenvalue weighted by atomic mass is 32.1. The van der Waals surface area contributed by atoms with E-state index in [4.69, 9.17) is 0 Å². The molecular weight excluding hydrogens is 244 g/mol. The highest BCUT2D eigenvalue weighted by Gasteiger charge is 2.11. The van der Waals surface area contributed by atoms with Crippen LogP contribution in [0.25, 0.3) is 10.2 Å². The van der Waals surface area contributed by atoms with Crippen LogP contribution in [0.15, 0.2) is 12.4 Å². The molecule has 0 radical (unpaired) electrons. The molecule has 0 saturated heterocycles. The van der Waals surface area contributed by atoms with Crippen molar-refractivity contribution in [1.29, 1.82) is 0 Å². The van der Waals surface area contributed by atoms with Gasteiger partial charge in [-0.05, 0) is 19.0 Å². The summed E-state index contributed by atoms with van der Waals surface area (Å²) in [5, 5.41) is 4.51. The van der Waals surface area contributed by atoms with E-state index >= 15 is 0 Å². The normalized spacial score (nSPS) is 11.1. The first kappa shape index (κ1) is 13.2. The highest BCUT2D eigenvalue weighted by Crippen LogP contribution is 2.29. The summed E-state index contributed by atoms with van der Waals surface area (Å²) in [7, 11) is 2.09. The van der Waals surface area contributed by atoms with Crippen LogP contribution in [0.5, 0.6) is 0 Å². The van der Waals surface area contributed by atoms with E-state index in [1.54, 1.807) is 17.7 Å². The van der Waals surface area contributed by atoms with Gasteiger partial charge in [-0.25, -0.2) is 9.97 Å². The van der Waals surface area contributed by atoms with Crippen LogP contribution in [-0.2, 0) is 6.42 Å². The summed E-state index contributed by atoms with van der Waals surface area (Å²) in [5.74, 6) is 1.04. The molecule has 2 heterocycles. The Balaban J connectivity index is 2.23. The van der Waals surface area contributed by atoms with Gasteiger partial charge in [0.2, 0.25) is 0 Å². The maximum atomic E-state index is 4.43. The number of rotatable bonds is 6. The van der Waals surface area contributed by atoms with Gasteiger partial charge in [0.05, 0.1) is 5.39 Å². The lowest BCUT2D eigenvalue weighted by Crippen LogP contribution is -2.29. The molecule has 0 aliphatic carbocycles. The summed E-state index contributed by atoms with van der Waals surface area (Å²) >= 11 is 1.76. The van der Waals surface area contributed by atoms with Crippen molar-refractivity contribution in [2.24, 2.45) is 0 Å². The largest absolute Gasteiger partial charge is 0.358 e. The lowest BCUT2D eigenvalue weighted by molar-refractivity contribution is 0.703. The van der Waals surface area contributed by atoms with Crippen LogP contribution in [0.4, 0.5) is 5.82 Å². The fourth-order valence-electron chi connectivity index (χ4n) is 1.90. The highest BCUT2D eigenvalue weighted by molar-refractivity contribution is 7.18. The van der Waals surface area contributed by atoms with E-state index in [0.29, 0.717) is 0 Å². The van der Waals surface area contributed by atoms with Crippen molar-refractivity contribution in [2.75, 3.05) is 31.6 Å². The number of thiophene rings is 1. The molecule has 5 heteroatoms. The Bertz CT molecular complexity index is 509. The molecule has 0 aliphatic heterocycles. The minimum atomic E-state index is 0.956. The van der Waals surface area contributed by atoms with Crippen molar-refractivity contribution in [3.63, 3.8) is 0 Å². The predicted octanol–water partition coefficient (Wildman–Crippen LogP) is 2.30. The van der Waals surface area contributed by atoms with E-state index < -0.39 is 0 Å². The summed E-state index contributed by atoms with van der Waals surface area (Å²) in [5.41, 5.74) is 0. The van der Waals surface area contributed by atoms with Gasteiger partial charge in [-0.2, -0.15) is 0 Å². The fraction of sp³-hybridized carbons (Fsp3) is 0.538. The quantitative estimate of drug-likeness (QED) is 0.813. The van der Waals surface area contributed by atoms with Gasteiger partial charge in [-0.1, -0.05) is 13.8 Å². The van der Waals surface area contributed by atoms with Gasteiger partial charge in [0, 0.05) is 25.0 Å². The van der Waals surface area contributed by atoms with Gasteiger partial charge in [0.15, 0.2) is 0 Å². The monoisotopic (exact) mass is 264 g/mol. The van der Waals surface area contributed by atoms with Crippen LogP contribution in [-0.4, -0.2) is 36.6 Å². The summed E-state index contributed by atoms with van der Waals surface area (Å²) in [6.07, 6.45) is 2.72. The first-order valence-corrected chi connectivity index (χ1v) is 7.23. The fourth-order valence-corrected chi connectivity index (χ4v) is 2.83. The van der Waals surface area contributed by atoms with Crippen LogP contribution >= 0.6 is 11.3 Å². The van der Waals surface area contributed by atoms with E-state index in [9.17, 15) is 0 Å². The molecular formula is C13H20N4S. The topological polar surface area (TPSA) is 41.0 Å². The second-order valence-corrected chi connectivity index (χ2v) is 5.37. The zero-order valence-corrected chi connectivity index (χ0v) is 12.0. The van der Waals surface area contributed by atoms with Crippen molar-refractivity contribution < 1.29 is 0 Å². The maximum Gasteiger partial charge on any atom is 0.140 e. The van der Waals surface area contributed by atoms with Gasteiger partial charge >= 0.3 is 0 Å². The molecule has 0 unspecified atom stereocenters. The first-order valence-electron chi connectivity index (χ1n) is 6.41. The number of aryl methyl sites for hydroxylation is 1. The summed E-state index contributed by atoms with van der Waals surface area (Å²) in [4.78, 5) is 13.4. The van der Waals surface area contributed by atoms with Crippen molar-refractivity contribution in [3.8, 4) is 0 Å². The van der Waals surface area contributed by atoms with Crippen LogP contribution in [0.1, 0.15) is 18.7 Å². The van der Waals surface area contributed by atoms with E-state index in [2.05, 4.69) is 47.1 Å². The Hall–Kier alpha value is -1.20. The minimum absolute atomic E-state index is 0.956. The maximum absolute atomic E-state index is 4.43. The van der Waals surface area contributed by atoms with Crippen LogP contribution in [0, 0.1) is 0 Å². The number of fused-ring (bicyclic) bond motifs is 1. The van der Waals surface area contributed by atoms with Gasteiger partial charge in [-0.3, -0.25) is 0 Å². The molecule has 18 heavy (non-hydrogen) atoms. The van der Waals surface area contributed by atoms with Crippen LogP contribution in [0.2, 0.25) is 0 Å². The van der Waals surface area contributed by atoms with Crippen molar-refractivity contribution in [3.05, 3.63) is 17.3 Å². The number of anilines is 1. The van der Waals surface area contributed by atoms with Gasteiger partial charge < -0.3 is 10.2 Å². The van der Waals surface area contributed by atoms with Gasteiger partial charge in [-0.15, -0.1) is 11.3 Å². The Morgan fingerprint density at radius 2 is 2.17 bits per heavy atom. The van der Waals surface area contributed by atoms with Crippen molar-refractivity contribution in [2.45, 2.75) is 20.3 Å². The smallest absolute Gasteiger partial charge is 0.140 e. The second kappa shape index (κ2) is 6.11. The van der Waals surface area contributed by atoms with Crippen LogP contribution < -0.4 is 10.2 Å². The lowest BCUT2D eigenvalue weighted by atomic mass is 10.3. The zero-order chi connectivity index (χ0) is 13.0. The Morgan fingerprint density at radius 3 is 2.89 bits per heavy atom. The number of likely N-dealkylation sites (N-methyl/N-ethyl adjacent to an activating group) is 2.